The zero-order chi connectivity index (χ0) is 18.0. The summed E-state index contributed by atoms with van der Waals surface area (Å²) in [5, 5.41) is 7.34. The van der Waals surface area contributed by atoms with Gasteiger partial charge in [-0.2, -0.15) is 5.10 Å². The Morgan fingerprint density at radius 1 is 1.08 bits per heavy atom. The molecule has 0 unspecified atom stereocenters. The summed E-state index contributed by atoms with van der Waals surface area (Å²) >= 11 is 17.8. The highest BCUT2D eigenvalue weighted by molar-refractivity contribution is 6.44. The van der Waals surface area contributed by atoms with Crippen LogP contribution >= 0.6 is 34.8 Å². The Hall–Kier alpha value is -2.28. The lowest BCUT2D eigenvalue weighted by Crippen LogP contribution is -2.30. The first-order valence-corrected chi connectivity index (χ1v) is 8.13. The van der Waals surface area contributed by atoms with Crippen molar-refractivity contribution >= 4 is 58.2 Å². The first-order valence-electron chi connectivity index (χ1n) is 6.99. The van der Waals surface area contributed by atoms with Crippen molar-refractivity contribution in [2.75, 3.05) is 11.9 Å². The number of hydrogen-bond donors (Lipinski definition) is 2. The van der Waals surface area contributed by atoms with Crippen molar-refractivity contribution in [3.05, 3.63) is 62.6 Å². The Balaban J connectivity index is 1.74. The third-order valence-corrected chi connectivity index (χ3v) is 4.39. The third-order valence-electron chi connectivity index (χ3n) is 3.35. The lowest BCUT2D eigenvalue weighted by atomic mass is 10.1. The number of hydrogen-bond acceptors (Lipinski definition) is 4. The Kier molecular flexibility index (Phi) is 5.13. The fourth-order valence-electron chi connectivity index (χ4n) is 2.10. The van der Waals surface area contributed by atoms with Crippen LogP contribution in [0.5, 0.6) is 0 Å². The number of benzene rings is 2. The van der Waals surface area contributed by atoms with Crippen molar-refractivity contribution in [1.29, 1.82) is 0 Å². The molecule has 1 aliphatic heterocycles. The summed E-state index contributed by atoms with van der Waals surface area (Å²) in [4.78, 5) is 23.2. The second-order valence-corrected chi connectivity index (χ2v) is 6.25. The van der Waals surface area contributed by atoms with Gasteiger partial charge >= 0.3 is 6.09 Å². The van der Waals surface area contributed by atoms with E-state index in [1.54, 1.807) is 24.3 Å². The van der Waals surface area contributed by atoms with Gasteiger partial charge in [0.25, 0.3) is 5.91 Å². The number of nitrogens with zero attached hydrogens (tertiary/aromatic N) is 1. The van der Waals surface area contributed by atoms with Gasteiger partial charge in [-0.3, -0.25) is 4.79 Å². The van der Waals surface area contributed by atoms with Crippen LogP contribution in [0.4, 0.5) is 10.5 Å². The molecule has 9 heteroatoms. The van der Waals surface area contributed by atoms with Crippen molar-refractivity contribution in [1.82, 2.24) is 5.43 Å². The van der Waals surface area contributed by atoms with E-state index in [-0.39, 0.29) is 27.2 Å². The minimum absolute atomic E-state index is 0.0798. The highest BCUT2D eigenvalue weighted by atomic mass is 35.5. The summed E-state index contributed by atoms with van der Waals surface area (Å²) < 4.78 is 4.84. The van der Waals surface area contributed by atoms with Crippen molar-refractivity contribution in [2.24, 2.45) is 5.10 Å². The topological polar surface area (TPSA) is 79.8 Å². The molecule has 0 aliphatic carbocycles. The van der Waals surface area contributed by atoms with Crippen LogP contribution in [-0.2, 0) is 4.74 Å². The van der Waals surface area contributed by atoms with Crippen molar-refractivity contribution < 1.29 is 14.3 Å². The van der Waals surface area contributed by atoms with Crippen LogP contribution in [0.3, 0.4) is 0 Å². The number of ether oxygens (including phenoxy) is 1. The van der Waals surface area contributed by atoms with Gasteiger partial charge in [0.05, 0.1) is 20.6 Å². The maximum atomic E-state index is 12.3. The normalized spacial score (nSPS) is 13.6. The molecule has 0 saturated heterocycles. The van der Waals surface area contributed by atoms with Gasteiger partial charge in [0, 0.05) is 11.3 Å². The zero-order valence-electron chi connectivity index (χ0n) is 12.5. The van der Waals surface area contributed by atoms with E-state index in [0.29, 0.717) is 11.4 Å². The monoisotopic (exact) mass is 397 g/mol. The number of rotatable bonds is 3. The van der Waals surface area contributed by atoms with E-state index in [4.69, 9.17) is 39.5 Å². The fourth-order valence-corrected chi connectivity index (χ4v) is 2.73. The Morgan fingerprint density at radius 3 is 2.40 bits per heavy atom. The van der Waals surface area contributed by atoms with Gasteiger partial charge in [-0.1, -0.05) is 46.9 Å². The molecule has 6 nitrogen and oxygen atoms in total. The van der Waals surface area contributed by atoms with E-state index in [1.807, 2.05) is 0 Å². The van der Waals surface area contributed by atoms with Crippen LogP contribution in [0, 0.1) is 0 Å². The van der Waals surface area contributed by atoms with E-state index >= 15 is 0 Å². The van der Waals surface area contributed by atoms with Gasteiger partial charge in [0.15, 0.2) is 0 Å². The van der Waals surface area contributed by atoms with Gasteiger partial charge in [-0.05, 0) is 24.3 Å². The SMILES string of the molecule is O=C1NN=C(c2ccc(NC(=O)c3cc(Cl)c(Cl)cc3Cl)cc2)CO1. The summed E-state index contributed by atoms with van der Waals surface area (Å²) in [7, 11) is 0. The van der Waals surface area contributed by atoms with E-state index in [9.17, 15) is 9.59 Å². The summed E-state index contributed by atoms with van der Waals surface area (Å²) in [5.41, 5.74) is 4.33. The fraction of sp³-hybridized carbons (Fsp3) is 0.0625. The summed E-state index contributed by atoms with van der Waals surface area (Å²) in [5.74, 6) is -0.415. The largest absolute Gasteiger partial charge is 0.442 e. The van der Waals surface area contributed by atoms with Crippen molar-refractivity contribution in [2.45, 2.75) is 0 Å². The summed E-state index contributed by atoms with van der Waals surface area (Å²) in [6, 6.07) is 9.69. The standard InChI is InChI=1S/C16H10Cl3N3O3/c17-11-6-13(19)12(18)5-10(11)15(23)20-9-3-1-8(2-4-9)14-7-25-16(24)22-21-14/h1-6H,7H2,(H,20,23)(H,22,24). The second-order valence-electron chi connectivity index (χ2n) is 5.02. The molecule has 0 spiro atoms. The highest BCUT2D eigenvalue weighted by Gasteiger charge is 2.16. The molecule has 2 aromatic carbocycles. The van der Waals surface area contributed by atoms with Crippen LogP contribution in [0.25, 0.3) is 0 Å². The molecule has 0 saturated carbocycles. The first-order chi connectivity index (χ1) is 11.9. The van der Waals surface area contributed by atoms with Crippen molar-refractivity contribution in [3.63, 3.8) is 0 Å². The molecular formula is C16H10Cl3N3O3. The molecule has 1 aliphatic rings. The molecule has 2 amide bonds. The van der Waals surface area contributed by atoms with E-state index < -0.39 is 12.0 Å². The maximum absolute atomic E-state index is 12.3. The number of carbonyl (C=O) groups excluding carboxylic acids is 2. The van der Waals surface area contributed by atoms with Gasteiger partial charge in [0.1, 0.15) is 12.3 Å². The average Bonchev–Trinajstić information content (AvgIpc) is 2.59. The maximum Gasteiger partial charge on any atom is 0.428 e. The molecule has 0 bridgehead atoms. The van der Waals surface area contributed by atoms with Gasteiger partial charge in [-0.25, -0.2) is 10.2 Å². The molecular weight excluding hydrogens is 389 g/mol. The molecule has 3 rings (SSSR count). The minimum Gasteiger partial charge on any atom is -0.442 e. The smallest absolute Gasteiger partial charge is 0.428 e. The third kappa shape index (κ3) is 4.04. The van der Waals surface area contributed by atoms with Crippen LogP contribution < -0.4 is 10.7 Å². The molecule has 2 N–H and O–H groups in total. The van der Waals surface area contributed by atoms with E-state index in [2.05, 4.69) is 15.8 Å². The van der Waals surface area contributed by atoms with Gasteiger partial charge < -0.3 is 10.1 Å². The molecule has 0 fully saturated rings. The van der Waals surface area contributed by atoms with Gasteiger partial charge in [-0.15, -0.1) is 0 Å². The van der Waals surface area contributed by atoms with Crippen molar-refractivity contribution in [3.8, 4) is 0 Å². The lowest BCUT2D eigenvalue weighted by Gasteiger charge is -2.13. The molecule has 0 aromatic heterocycles. The first kappa shape index (κ1) is 17.5. The number of anilines is 1. The number of nitrogens with one attached hydrogen (secondary N) is 2. The molecule has 25 heavy (non-hydrogen) atoms. The predicted molar refractivity (Wildman–Crippen MR) is 96.9 cm³/mol. The molecule has 0 radical (unpaired) electrons. The van der Waals surface area contributed by atoms with E-state index in [1.165, 1.54) is 12.1 Å². The van der Waals surface area contributed by atoms with Crippen LogP contribution in [0.1, 0.15) is 15.9 Å². The number of cyclic esters (lactones) is 1. The van der Waals surface area contributed by atoms with Crippen LogP contribution in [-0.4, -0.2) is 24.3 Å². The lowest BCUT2D eigenvalue weighted by molar-refractivity contribution is 0.102. The quantitative estimate of drug-likeness (QED) is 0.755. The average molecular weight is 399 g/mol. The second kappa shape index (κ2) is 7.31. The molecule has 128 valence electrons. The predicted octanol–water partition coefficient (Wildman–Crippen LogP) is 4.34. The van der Waals surface area contributed by atoms with Crippen LogP contribution in [0.2, 0.25) is 15.1 Å². The minimum atomic E-state index is -0.592. The zero-order valence-corrected chi connectivity index (χ0v) is 14.7. The summed E-state index contributed by atoms with van der Waals surface area (Å²) in [6.45, 7) is 0.0798. The summed E-state index contributed by atoms with van der Waals surface area (Å²) in [6.07, 6.45) is -0.592. The Morgan fingerprint density at radius 2 is 1.76 bits per heavy atom. The van der Waals surface area contributed by atoms with Crippen LogP contribution in [0.15, 0.2) is 41.5 Å². The Bertz CT molecular complexity index is 882. The number of halogens is 3. The number of amides is 2. The molecule has 1 heterocycles. The molecule has 2 aromatic rings. The number of hydrazone groups is 1. The highest BCUT2D eigenvalue weighted by Crippen LogP contribution is 2.29. The van der Waals surface area contributed by atoms with E-state index in [0.717, 1.165) is 5.56 Å². The molecule has 0 atom stereocenters. The Labute approximate surface area is 157 Å². The van der Waals surface area contributed by atoms with Gasteiger partial charge in [0.2, 0.25) is 0 Å². The number of carbonyl (C=O) groups is 2.